The molecule has 0 bridgehead atoms. The second-order valence-electron chi connectivity index (χ2n) is 6.59. The molecule has 1 aromatic heterocycles. The van der Waals surface area contributed by atoms with Gasteiger partial charge in [0.05, 0.1) is 17.7 Å². The van der Waals surface area contributed by atoms with Crippen LogP contribution >= 0.6 is 23.1 Å². The summed E-state index contributed by atoms with van der Waals surface area (Å²) in [7, 11) is 1.64. The monoisotopic (exact) mass is 404 g/mol. The molecule has 1 aliphatic heterocycles. The summed E-state index contributed by atoms with van der Waals surface area (Å²) < 4.78 is 5.22. The first-order valence-corrected chi connectivity index (χ1v) is 10.8. The highest BCUT2D eigenvalue weighted by Crippen LogP contribution is 2.38. The maximum absolute atomic E-state index is 12.8. The maximum Gasteiger partial charge on any atom is 0.264 e. The molecule has 2 aromatic rings. The zero-order valence-electron chi connectivity index (χ0n) is 15.8. The lowest BCUT2D eigenvalue weighted by molar-refractivity contribution is -0.128. The summed E-state index contributed by atoms with van der Waals surface area (Å²) in [5.41, 5.74) is 1.08. The molecule has 0 saturated carbocycles. The van der Waals surface area contributed by atoms with Crippen LogP contribution in [0, 0.1) is 0 Å². The van der Waals surface area contributed by atoms with Crippen molar-refractivity contribution in [3.8, 4) is 5.75 Å². The van der Waals surface area contributed by atoms with Crippen LogP contribution in [0.1, 0.15) is 34.5 Å². The summed E-state index contributed by atoms with van der Waals surface area (Å²) in [5, 5.41) is 1.89. The van der Waals surface area contributed by atoms with Crippen molar-refractivity contribution in [2.24, 2.45) is 0 Å². The van der Waals surface area contributed by atoms with Gasteiger partial charge in [-0.2, -0.15) is 0 Å². The van der Waals surface area contributed by atoms with Crippen LogP contribution in [0.5, 0.6) is 5.75 Å². The third-order valence-electron chi connectivity index (χ3n) is 4.57. The van der Waals surface area contributed by atoms with Gasteiger partial charge in [0.15, 0.2) is 0 Å². The van der Waals surface area contributed by atoms with Gasteiger partial charge >= 0.3 is 0 Å². The lowest BCUT2D eigenvalue weighted by Crippen LogP contribution is -2.43. The van der Waals surface area contributed by atoms with Crippen LogP contribution in [0.4, 0.5) is 0 Å². The van der Waals surface area contributed by atoms with Gasteiger partial charge < -0.3 is 14.5 Å². The fourth-order valence-corrected chi connectivity index (χ4v) is 4.99. The molecule has 7 heteroatoms. The molecule has 1 aromatic carbocycles. The minimum Gasteiger partial charge on any atom is -0.497 e. The van der Waals surface area contributed by atoms with Crippen LogP contribution in [0.3, 0.4) is 0 Å². The quantitative estimate of drug-likeness (QED) is 0.703. The SMILES string of the molecule is COc1ccc([C@H]2SCC(=O)N2CCN(C(=O)c2cccs2)C(C)C)cc1. The van der Waals surface area contributed by atoms with Gasteiger partial charge in [-0.3, -0.25) is 9.59 Å². The van der Waals surface area contributed by atoms with E-state index in [-0.39, 0.29) is 23.2 Å². The van der Waals surface area contributed by atoms with E-state index in [1.807, 2.05) is 65.4 Å². The molecule has 144 valence electrons. The van der Waals surface area contributed by atoms with Crippen LogP contribution in [-0.4, -0.2) is 53.6 Å². The van der Waals surface area contributed by atoms with Crippen LogP contribution < -0.4 is 4.74 Å². The Balaban J connectivity index is 1.71. The van der Waals surface area contributed by atoms with Crippen molar-refractivity contribution in [3.05, 3.63) is 52.2 Å². The molecule has 27 heavy (non-hydrogen) atoms. The number of benzene rings is 1. The summed E-state index contributed by atoms with van der Waals surface area (Å²) in [6.07, 6.45) is 0. The first-order valence-electron chi connectivity index (χ1n) is 8.90. The van der Waals surface area contributed by atoms with Gasteiger partial charge in [0.25, 0.3) is 5.91 Å². The van der Waals surface area contributed by atoms with E-state index in [0.717, 1.165) is 16.2 Å². The average Bonchev–Trinajstić information content (AvgIpc) is 3.32. The fraction of sp³-hybridized carbons (Fsp3) is 0.400. The van der Waals surface area contributed by atoms with Crippen molar-refractivity contribution < 1.29 is 14.3 Å². The Morgan fingerprint density at radius 3 is 2.63 bits per heavy atom. The summed E-state index contributed by atoms with van der Waals surface area (Å²) in [6, 6.07) is 11.6. The number of carbonyl (C=O) groups is 2. The standard InChI is InChI=1S/C20H24N2O3S2/c1-14(2)21(19(24)17-5-4-12-26-17)10-11-22-18(23)13-27-20(22)15-6-8-16(25-3)9-7-15/h4-9,12,14,20H,10-11,13H2,1-3H3/t20-/m1/s1. The second kappa shape index (κ2) is 8.80. The number of ether oxygens (including phenoxy) is 1. The van der Waals surface area contributed by atoms with Gasteiger partial charge in [0.2, 0.25) is 5.91 Å². The average molecular weight is 405 g/mol. The Bertz CT molecular complexity index is 775. The van der Waals surface area contributed by atoms with E-state index in [0.29, 0.717) is 18.8 Å². The zero-order valence-corrected chi connectivity index (χ0v) is 17.4. The van der Waals surface area contributed by atoms with Crippen LogP contribution in [0.2, 0.25) is 0 Å². The zero-order chi connectivity index (χ0) is 19.4. The van der Waals surface area contributed by atoms with Crippen LogP contribution in [-0.2, 0) is 4.79 Å². The molecule has 0 spiro atoms. The fourth-order valence-electron chi connectivity index (χ4n) is 3.09. The van der Waals surface area contributed by atoms with Crippen LogP contribution in [0.25, 0.3) is 0 Å². The maximum atomic E-state index is 12.8. The van der Waals surface area contributed by atoms with E-state index in [1.54, 1.807) is 18.9 Å². The third kappa shape index (κ3) is 4.47. The predicted molar refractivity (Wildman–Crippen MR) is 110 cm³/mol. The molecule has 3 rings (SSSR count). The van der Waals surface area contributed by atoms with E-state index in [2.05, 4.69) is 0 Å². The molecule has 0 aliphatic carbocycles. The van der Waals surface area contributed by atoms with Crippen molar-refractivity contribution in [1.29, 1.82) is 0 Å². The first kappa shape index (κ1) is 19.8. The van der Waals surface area contributed by atoms with Crippen molar-refractivity contribution in [2.45, 2.75) is 25.3 Å². The number of thiophene rings is 1. The van der Waals surface area contributed by atoms with Crippen molar-refractivity contribution >= 4 is 34.9 Å². The molecule has 0 unspecified atom stereocenters. The van der Waals surface area contributed by atoms with E-state index in [1.165, 1.54) is 11.3 Å². The van der Waals surface area contributed by atoms with Gasteiger partial charge in [-0.05, 0) is 43.0 Å². The molecule has 2 heterocycles. The van der Waals surface area contributed by atoms with Crippen molar-refractivity contribution in [3.63, 3.8) is 0 Å². The van der Waals surface area contributed by atoms with E-state index < -0.39 is 0 Å². The van der Waals surface area contributed by atoms with Crippen molar-refractivity contribution in [2.75, 3.05) is 26.0 Å². The third-order valence-corrected chi connectivity index (χ3v) is 6.68. The number of methoxy groups -OCH3 is 1. The van der Waals surface area contributed by atoms with Crippen molar-refractivity contribution in [1.82, 2.24) is 9.80 Å². The molecule has 1 aliphatic rings. The number of hydrogen-bond acceptors (Lipinski definition) is 5. The molecular formula is C20H24N2O3S2. The smallest absolute Gasteiger partial charge is 0.264 e. The van der Waals surface area contributed by atoms with E-state index in [9.17, 15) is 9.59 Å². The Hall–Kier alpha value is -1.99. The number of amides is 2. The molecule has 2 amide bonds. The normalized spacial score (nSPS) is 16.8. The highest BCUT2D eigenvalue weighted by molar-refractivity contribution is 8.00. The molecule has 5 nitrogen and oxygen atoms in total. The summed E-state index contributed by atoms with van der Waals surface area (Å²) in [6.45, 7) is 5.06. The molecule has 0 radical (unpaired) electrons. The molecule has 0 N–H and O–H groups in total. The van der Waals surface area contributed by atoms with Crippen LogP contribution in [0.15, 0.2) is 41.8 Å². The lowest BCUT2D eigenvalue weighted by Gasteiger charge is -2.31. The topological polar surface area (TPSA) is 49.9 Å². The van der Waals surface area contributed by atoms with Gasteiger partial charge in [-0.15, -0.1) is 23.1 Å². The highest BCUT2D eigenvalue weighted by Gasteiger charge is 2.33. The van der Waals surface area contributed by atoms with Gasteiger partial charge in [0, 0.05) is 19.1 Å². The lowest BCUT2D eigenvalue weighted by atomic mass is 10.2. The second-order valence-corrected chi connectivity index (χ2v) is 8.61. The molecular weight excluding hydrogens is 380 g/mol. The first-order chi connectivity index (χ1) is 13.0. The Labute approximate surface area is 168 Å². The van der Waals surface area contributed by atoms with E-state index in [4.69, 9.17) is 4.74 Å². The highest BCUT2D eigenvalue weighted by atomic mass is 32.2. The van der Waals surface area contributed by atoms with Gasteiger partial charge in [0.1, 0.15) is 11.1 Å². The number of hydrogen-bond donors (Lipinski definition) is 0. The Kier molecular flexibility index (Phi) is 6.44. The van der Waals surface area contributed by atoms with E-state index >= 15 is 0 Å². The summed E-state index contributed by atoms with van der Waals surface area (Å²) >= 11 is 3.07. The van der Waals surface area contributed by atoms with Gasteiger partial charge in [-0.25, -0.2) is 0 Å². The number of nitrogens with zero attached hydrogens (tertiary/aromatic N) is 2. The van der Waals surface area contributed by atoms with Gasteiger partial charge in [-0.1, -0.05) is 18.2 Å². The number of carbonyl (C=O) groups excluding carboxylic acids is 2. The predicted octanol–water partition coefficient (Wildman–Crippen LogP) is 3.88. The molecule has 1 atom stereocenters. The largest absolute Gasteiger partial charge is 0.497 e. The Morgan fingerprint density at radius 1 is 1.30 bits per heavy atom. The minimum absolute atomic E-state index is 0.0192. The Morgan fingerprint density at radius 2 is 2.04 bits per heavy atom. The number of thioether (sulfide) groups is 1. The minimum atomic E-state index is -0.0192. The molecule has 1 saturated heterocycles. The molecule has 1 fully saturated rings. The summed E-state index contributed by atoms with van der Waals surface area (Å²) in [5.74, 6) is 1.41. The number of rotatable bonds is 7. The summed E-state index contributed by atoms with van der Waals surface area (Å²) in [4.78, 5) is 29.7.